The lowest BCUT2D eigenvalue weighted by atomic mass is 10.4. The number of nitrogens with zero attached hydrogens (tertiary/aromatic N) is 2. The molecule has 0 atom stereocenters. The molecule has 0 unspecified atom stereocenters. The summed E-state index contributed by atoms with van der Waals surface area (Å²) in [5.74, 6) is 0. The lowest BCUT2D eigenvalue weighted by molar-refractivity contribution is 0.578. The maximum Gasteiger partial charge on any atom is 0.260 e. The van der Waals surface area contributed by atoms with Gasteiger partial charge in [0.25, 0.3) is 10.0 Å². The second-order valence-corrected chi connectivity index (χ2v) is 6.62. The molecule has 6 nitrogen and oxygen atoms in total. The van der Waals surface area contributed by atoms with Crippen molar-refractivity contribution in [3.8, 4) is 0 Å². The van der Waals surface area contributed by atoms with Gasteiger partial charge in [0.15, 0.2) is 5.03 Å². The molecule has 0 aliphatic rings. The summed E-state index contributed by atoms with van der Waals surface area (Å²) >= 11 is 1.51. The molecule has 2 rings (SSSR count). The minimum absolute atomic E-state index is 0.0287. The van der Waals surface area contributed by atoms with E-state index in [0.29, 0.717) is 25.2 Å². The van der Waals surface area contributed by atoms with Gasteiger partial charge in [-0.1, -0.05) is 0 Å². The fourth-order valence-electron chi connectivity index (χ4n) is 1.67. The Labute approximate surface area is 122 Å². The van der Waals surface area contributed by atoms with E-state index in [9.17, 15) is 8.42 Å². The second kappa shape index (κ2) is 6.78. The van der Waals surface area contributed by atoms with Crippen LogP contribution in [0.5, 0.6) is 0 Å². The summed E-state index contributed by atoms with van der Waals surface area (Å²) in [6.45, 7) is 2.84. The van der Waals surface area contributed by atoms with E-state index >= 15 is 0 Å². The fourth-order valence-corrected chi connectivity index (χ4v) is 3.42. The van der Waals surface area contributed by atoms with Gasteiger partial charge in [-0.05, 0) is 19.1 Å². The molecular formula is C12H16N4O2S2. The predicted octanol–water partition coefficient (Wildman–Crippen LogP) is 1.49. The minimum atomic E-state index is -3.61. The molecule has 108 valence electrons. The van der Waals surface area contributed by atoms with Crippen LogP contribution in [0.1, 0.15) is 11.9 Å². The molecular weight excluding hydrogens is 296 g/mol. The zero-order valence-electron chi connectivity index (χ0n) is 11.0. The number of nitrogens with one attached hydrogen (secondary N) is 2. The van der Waals surface area contributed by atoms with Gasteiger partial charge < -0.3 is 5.32 Å². The van der Waals surface area contributed by atoms with E-state index < -0.39 is 10.0 Å². The zero-order valence-corrected chi connectivity index (χ0v) is 12.7. The number of hydrogen-bond donors (Lipinski definition) is 2. The third-order valence-corrected chi connectivity index (χ3v) is 4.77. The Hall–Kier alpha value is -1.51. The summed E-state index contributed by atoms with van der Waals surface area (Å²) < 4.78 is 27.0. The van der Waals surface area contributed by atoms with Crippen molar-refractivity contribution in [1.82, 2.24) is 14.7 Å². The van der Waals surface area contributed by atoms with Gasteiger partial charge in [-0.25, -0.2) is 23.1 Å². The van der Waals surface area contributed by atoms with Gasteiger partial charge in [0.2, 0.25) is 0 Å². The first-order valence-electron chi connectivity index (χ1n) is 6.20. The van der Waals surface area contributed by atoms with E-state index in [1.54, 1.807) is 18.3 Å². The van der Waals surface area contributed by atoms with E-state index in [4.69, 9.17) is 0 Å². The number of anilines is 1. The average molecular weight is 312 g/mol. The van der Waals surface area contributed by atoms with Crippen molar-refractivity contribution in [3.05, 3.63) is 34.9 Å². The van der Waals surface area contributed by atoms with Crippen LogP contribution in [-0.4, -0.2) is 31.5 Å². The molecule has 0 aromatic carbocycles. The van der Waals surface area contributed by atoms with Crippen molar-refractivity contribution < 1.29 is 8.42 Å². The van der Waals surface area contributed by atoms with Gasteiger partial charge in [-0.15, -0.1) is 11.3 Å². The quantitative estimate of drug-likeness (QED) is 0.809. The van der Waals surface area contributed by atoms with Crippen LogP contribution in [0.3, 0.4) is 0 Å². The van der Waals surface area contributed by atoms with Crippen LogP contribution in [0.4, 0.5) is 5.69 Å². The summed E-state index contributed by atoms with van der Waals surface area (Å²) in [6, 6.07) is 3.40. The monoisotopic (exact) mass is 312 g/mol. The Morgan fingerprint density at radius 3 is 2.85 bits per heavy atom. The molecule has 2 aromatic rings. The SMILES string of the molecule is CCNc1cccnc1S(=O)(=O)NCCc1nccs1. The molecule has 20 heavy (non-hydrogen) atoms. The van der Waals surface area contributed by atoms with Gasteiger partial charge in [0.1, 0.15) is 0 Å². The summed E-state index contributed by atoms with van der Waals surface area (Å²) in [7, 11) is -3.61. The molecule has 0 spiro atoms. The van der Waals surface area contributed by atoms with Crippen LogP contribution < -0.4 is 10.0 Å². The molecule has 0 aliphatic carbocycles. The summed E-state index contributed by atoms with van der Waals surface area (Å²) in [5, 5.41) is 5.79. The Kier molecular flexibility index (Phi) is 5.05. The average Bonchev–Trinajstić information content (AvgIpc) is 2.92. The first-order chi connectivity index (χ1) is 9.63. The number of thiazole rings is 1. The highest BCUT2D eigenvalue weighted by Gasteiger charge is 2.19. The first-order valence-corrected chi connectivity index (χ1v) is 8.56. The summed E-state index contributed by atoms with van der Waals surface area (Å²) in [5.41, 5.74) is 0.511. The molecule has 0 radical (unpaired) electrons. The highest BCUT2D eigenvalue weighted by atomic mass is 32.2. The molecule has 2 heterocycles. The van der Waals surface area contributed by atoms with Crippen LogP contribution in [0.2, 0.25) is 0 Å². The third kappa shape index (κ3) is 3.75. The molecule has 0 bridgehead atoms. The van der Waals surface area contributed by atoms with Crippen molar-refractivity contribution in [2.24, 2.45) is 0 Å². The van der Waals surface area contributed by atoms with Gasteiger partial charge >= 0.3 is 0 Å². The second-order valence-electron chi connectivity index (χ2n) is 3.96. The van der Waals surface area contributed by atoms with Gasteiger partial charge in [-0.2, -0.15) is 0 Å². The van der Waals surface area contributed by atoms with Crippen molar-refractivity contribution in [2.45, 2.75) is 18.4 Å². The first kappa shape index (κ1) is 14.9. The molecule has 0 fully saturated rings. The molecule has 0 saturated heterocycles. The van der Waals surface area contributed by atoms with E-state index in [2.05, 4.69) is 20.0 Å². The summed E-state index contributed by atoms with van der Waals surface area (Å²) in [4.78, 5) is 8.07. The predicted molar refractivity (Wildman–Crippen MR) is 79.4 cm³/mol. The van der Waals surface area contributed by atoms with E-state index in [0.717, 1.165) is 5.01 Å². The van der Waals surface area contributed by atoms with Crippen LogP contribution >= 0.6 is 11.3 Å². The van der Waals surface area contributed by atoms with E-state index in [1.165, 1.54) is 17.5 Å². The number of pyridine rings is 1. The number of sulfonamides is 1. The largest absolute Gasteiger partial charge is 0.383 e. The Bertz CT molecular complexity index is 641. The molecule has 8 heteroatoms. The number of rotatable bonds is 7. The number of hydrogen-bond acceptors (Lipinski definition) is 6. The minimum Gasteiger partial charge on any atom is -0.383 e. The van der Waals surface area contributed by atoms with Gasteiger partial charge in [-0.3, -0.25) is 0 Å². The third-order valence-electron chi connectivity index (χ3n) is 2.51. The highest BCUT2D eigenvalue weighted by Crippen LogP contribution is 2.17. The highest BCUT2D eigenvalue weighted by molar-refractivity contribution is 7.89. The van der Waals surface area contributed by atoms with Crippen molar-refractivity contribution in [1.29, 1.82) is 0 Å². The van der Waals surface area contributed by atoms with Crippen molar-refractivity contribution in [3.63, 3.8) is 0 Å². The van der Waals surface area contributed by atoms with Gasteiger partial charge in [0.05, 0.1) is 10.7 Å². The Morgan fingerprint density at radius 1 is 1.30 bits per heavy atom. The molecule has 2 N–H and O–H groups in total. The van der Waals surface area contributed by atoms with Crippen LogP contribution in [-0.2, 0) is 16.4 Å². The van der Waals surface area contributed by atoms with E-state index in [-0.39, 0.29) is 5.03 Å². The Balaban J connectivity index is 2.06. The summed E-state index contributed by atoms with van der Waals surface area (Å²) in [6.07, 6.45) is 3.74. The van der Waals surface area contributed by atoms with Crippen molar-refractivity contribution in [2.75, 3.05) is 18.4 Å². The van der Waals surface area contributed by atoms with E-state index in [1.807, 2.05) is 12.3 Å². The zero-order chi connectivity index (χ0) is 14.4. The van der Waals surface area contributed by atoms with Crippen LogP contribution in [0.25, 0.3) is 0 Å². The molecule has 0 aliphatic heterocycles. The molecule has 2 aromatic heterocycles. The lowest BCUT2D eigenvalue weighted by Crippen LogP contribution is -2.27. The normalized spacial score (nSPS) is 11.4. The lowest BCUT2D eigenvalue weighted by Gasteiger charge is -2.10. The topological polar surface area (TPSA) is 84.0 Å². The molecule has 0 saturated carbocycles. The smallest absolute Gasteiger partial charge is 0.260 e. The standard InChI is InChI=1S/C12H16N4O2S2/c1-2-13-10-4-3-6-15-12(10)20(17,18)16-7-5-11-14-8-9-19-11/h3-4,6,8-9,13,16H,2,5,7H2,1H3. The number of aromatic nitrogens is 2. The maximum atomic E-state index is 12.2. The van der Waals surface area contributed by atoms with Gasteiger partial charge in [0, 0.05) is 37.3 Å². The van der Waals surface area contributed by atoms with Crippen LogP contribution in [0, 0.1) is 0 Å². The molecule has 0 amide bonds. The van der Waals surface area contributed by atoms with Crippen LogP contribution in [0.15, 0.2) is 34.9 Å². The van der Waals surface area contributed by atoms with Crippen molar-refractivity contribution >= 4 is 27.0 Å². The fraction of sp³-hybridized carbons (Fsp3) is 0.333. The maximum absolute atomic E-state index is 12.2. The Morgan fingerprint density at radius 2 is 2.15 bits per heavy atom.